The Kier molecular flexibility index (Phi) is 14.4. The van der Waals surface area contributed by atoms with Crippen molar-refractivity contribution in [3.05, 3.63) is 0 Å². The predicted octanol–water partition coefficient (Wildman–Crippen LogP) is 5.23. The maximum absolute atomic E-state index is 13.9. The fourth-order valence-electron chi connectivity index (χ4n) is 20.8. The Bertz CT molecular complexity index is 1760. The van der Waals surface area contributed by atoms with Crippen LogP contribution in [-0.2, 0) is 10.1 Å². The van der Waals surface area contributed by atoms with Crippen LogP contribution < -0.4 is 0 Å². The highest BCUT2D eigenvalue weighted by atomic mass is 32.2. The molecule has 0 aromatic heterocycles. The van der Waals surface area contributed by atoms with Crippen LogP contribution in [0, 0.1) is 64.6 Å². The highest BCUT2D eigenvalue weighted by molar-refractivity contribution is 7.86. The summed E-state index contributed by atoms with van der Waals surface area (Å²) in [5.41, 5.74) is 0.324. The van der Waals surface area contributed by atoms with Crippen molar-refractivity contribution in [1.82, 2.24) is 49.0 Å². The van der Waals surface area contributed by atoms with Crippen molar-refractivity contribution >= 4 is 10.1 Å². The average molecular weight is 968 g/mol. The van der Waals surface area contributed by atoms with Gasteiger partial charge >= 0.3 is 0 Å². The molecule has 19 unspecified atom stereocenters. The highest BCUT2D eigenvalue weighted by Crippen LogP contribution is 2.66. The normalized spacial score (nSPS) is 48.3. The van der Waals surface area contributed by atoms with E-state index < -0.39 is 15.4 Å². The summed E-state index contributed by atoms with van der Waals surface area (Å²) in [4.78, 5) is 26.9. The molecule has 11 fully saturated rings. The van der Waals surface area contributed by atoms with Crippen molar-refractivity contribution in [2.45, 2.75) is 153 Å². The number of fused-ring (bicyclic) bond motifs is 10. The molecule has 14 heteroatoms. The number of rotatable bonds is 9. The van der Waals surface area contributed by atoms with Gasteiger partial charge in [-0.05, 0) is 197 Å². The lowest BCUT2D eigenvalue weighted by molar-refractivity contribution is -0.180. The zero-order chi connectivity index (χ0) is 47.4. The molecule has 0 spiro atoms. The van der Waals surface area contributed by atoms with Gasteiger partial charge in [-0.3, -0.25) is 53.6 Å². The highest BCUT2D eigenvalue weighted by Gasteiger charge is 2.64. The summed E-state index contributed by atoms with van der Waals surface area (Å²) in [5.74, 6) is 6.03. The SMILES string of the molecule is CCN1CN(C)CC2CC(C(C3CCC4C(C3)CN(C)CN4CC)(C3CCC4C(C3)CN(C)CN4CC)C3CCC4C(C3)CN3CN4CC4CC5C(CN(C)CN5CC)C(S(=O)(=O)O)C43)CCC21. The van der Waals surface area contributed by atoms with Gasteiger partial charge in [-0.1, -0.05) is 27.7 Å². The minimum absolute atomic E-state index is 0.0613. The molecule has 6 heterocycles. The molecule has 19 atom stereocenters. The summed E-state index contributed by atoms with van der Waals surface area (Å²) >= 11 is 0. The van der Waals surface area contributed by atoms with Crippen molar-refractivity contribution in [3.8, 4) is 0 Å². The molecule has 6 saturated heterocycles. The molecule has 388 valence electrons. The summed E-state index contributed by atoms with van der Waals surface area (Å²) < 4.78 is 39.1. The number of hydrogen-bond acceptors (Lipinski definition) is 12. The molecule has 5 aliphatic carbocycles. The first-order valence-corrected chi connectivity index (χ1v) is 30.4. The van der Waals surface area contributed by atoms with Gasteiger partial charge < -0.3 is 0 Å². The van der Waals surface area contributed by atoms with Crippen LogP contribution in [0.25, 0.3) is 0 Å². The number of nitrogens with zero attached hydrogens (tertiary/aromatic N) is 10. The van der Waals surface area contributed by atoms with Gasteiger partial charge in [-0.25, -0.2) is 0 Å². The molecule has 68 heavy (non-hydrogen) atoms. The van der Waals surface area contributed by atoms with Crippen molar-refractivity contribution in [3.63, 3.8) is 0 Å². The Balaban J connectivity index is 0.970. The van der Waals surface area contributed by atoms with Gasteiger partial charge in [-0.2, -0.15) is 8.42 Å². The molecule has 0 radical (unpaired) electrons. The lowest BCUT2D eigenvalue weighted by atomic mass is 9.42. The molecular formula is C54H98N10O3S. The van der Waals surface area contributed by atoms with E-state index in [2.05, 4.69) is 105 Å². The third kappa shape index (κ3) is 8.65. The third-order valence-corrected chi connectivity index (χ3v) is 24.1. The van der Waals surface area contributed by atoms with Crippen LogP contribution in [0.1, 0.15) is 111 Å². The summed E-state index contributed by atoms with van der Waals surface area (Å²) in [6.45, 7) is 25.5. The second-order valence-electron chi connectivity index (χ2n) is 26.1. The van der Waals surface area contributed by atoms with E-state index in [4.69, 9.17) is 0 Å². The maximum atomic E-state index is 13.9. The van der Waals surface area contributed by atoms with E-state index >= 15 is 0 Å². The van der Waals surface area contributed by atoms with Gasteiger partial charge in [0.2, 0.25) is 0 Å². The largest absolute Gasteiger partial charge is 0.293 e. The van der Waals surface area contributed by atoms with Crippen molar-refractivity contribution < 1.29 is 13.0 Å². The van der Waals surface area contributed by atoms with Crippen LogP contribution >= 0.6 is 0 Å². The lowest BCUT2D eigenvalue weighted by Gasteiger charge is -2.67. The van der Waals surface area contributed by atoms with Crippen LogP contribution in [0.3, 0.4) is 0 Å². The molecule has 13 nitrogen and oxygen atoms in total. The topological polar surface area (TPSA) is 86.8 Å². The van der Waals surface area contributed by atoms with E-state index in [1.165, 1.54) is 96.7 Å². The molecular weight excluding hydrogens is 869 g/mol. The van der Waals surface area contributed by atoms with E-state index in [-0.39, 0.29) is 23.9 Å². The predicted molar refractivity (Wildman–Crippen MR) is 273 cm³/mol. The van der Waals surface area contributed by atoms with E-state index in [9.17, 15) is 13.0 Å². The maximum Gasteiger partial charge on any atom is 0.269 e. The second-order valence-corrected chi connectivity index (χ2v) is 27.6. The Hall–Kier alpha value is -0.490. The lowest BCUT2D eigenvalue weighted by Crippen LogP contribution is -2.75. The first kappa shape index (κ1) is 49.7. The van der Waals surface area contributed by atoms with Gasteiger partial charge in [0, 0.05) is 81.4 Å². The Labute approximate surface area is 414 Å². The smallest absolute Gasteiger partial charge is 0.269 e. The van der Waals surface area contributed by atoms with Crippen LogP contribution in [0.4, 0.5) is 0 Å². The first-order chi connectivity index (χ1) is 32.7. The minimum Gasteiger partial charge on any atom is -0.293 e. The average Bonchev–Trinajstić information content (AvgIpc) is 3.31. The van der Waals surface area contributed by atoms with E-state index in [1.807, 2.05) is 0 Å². The molecule has 5 saturated carbocycles. The Morgan fingerprint density at radius 2 is 0.794 bits per heavy atom. The van der Waals surface area contributed by atoms with Gasteiger partial charge in [0.15, 0.2) is 0 Å². The van der Waals surface area contributed by atoms with Gasteiger partial charge in [0.1, 0.15) is 5.25 Å². The standard InChI is InChI=1S/C54H98N10O3S/c1-9-59-32-55(5)26-37-21-42(13-17-47(37)59)54(43-14-18-48-38(22-43)27-56(6)33-60(48)10-2,44-15-19-49-39(23-44)28-57(7)34-61(49)11-3)45-16-20-50-40(24-45)29-64-36-63(50)30-41-25-51-46(31-58(8)35-62(51)12-4)53(52(41)64)68(65,66)67/h37-53H,9-36H2,1-8H3,(H,65,66,67). The molecule has 0 amide bonds. The van der Waals surface area contributed by atoms with Crippen molar-refractivity contribution in [2.75, 3.05) is 127 Å². The summed E-state index contributed by atoms with van der Waals surface area (Å²) in [7, 11) is 5.09. The summed E-state index contributed by atoms with van der Waals surface area (Å²) in [6, 6.07) is 2.89. The van der Waals surface area contributed by atoms with E-state index in [0.29, 0.717) is 23.3 Å². The van der Waals surface area contributed by atoms with E-state index in [1.54, 1.807) is 0 Å². The monoisotopic (exact) mass is 967 g/mol. The van der Waals surface area contributed by atoms with Gasteiger partial charge in [0.25, 0.3) is 10.1 Å². The number of hydrogen-bond donors (Lipinski definition) is 1. The van der Waals surface area contributed by atoms with Crippen molar-refractivity contribution in [1.29, 1.82) is 0 Å². The molecule has 0 aromatic carbocycles. The van der Waals surface area contributed by atoms with Crippen LogP contribution in [-0.4, -0.2) is 230 Å². The van der Waals surface area contributed by atoms with Crippen LogP contribution in [0.15, 0.2) is 0 Å². The zero-order valence-corrected chi connectivity index (χ0v) is 45.1. The molecule has 11 rings (SSSR count). The Morgan fingerprint density at radius 3 is 1.21 bits per heavy atom. The molecule has 2 bridgehead atoms. The van der Waals surface area contributed by atoms with Crippen LogP contribution in [0.2, 0.25) is 0 Å². The summed E-state index contributed by atoms with van der Waals surface area (Å²) in [5, 5.41) is -0.718. The second kappa shape index (κ2) is 19.7. The first-order valence-electron chi connectivity index (χ1n) is 28.9. The minimum atomic E-state index is -4.26. The van der Waals surface area contributed by atoms with Gasteiger partial charge in [-0.15, -0.1) is 0 Å². The quantitative estimate of drug-likeness (QED) is 0.307. The zero-order valence-electron chi connectivity index (χ0n) is 44.3. The Morgan fingerprint density at radius 1 is 0.426 bits per heavy atom. The molecule has 6 aliphatic heterocycles. The molecule has 0 aromatic rings. The van der Waals surface area contributed by atoms with Crippen molar-refractivity contribution in [2.24, 2.45) is 64.6 Å². The summed E-state index contributed by atoms with van der Waals surface area (Å²) in [6.07, 6.45) is 17.7. The molecule has 11 aliphatic rings. The fourth-order valence-corrected chi connectivity index (χ4v) is 22.3. The molecule has 1 N–H and O–H groups in total. The fraction of sp³-hybridized carbons (Fsp3) is 1.00. The van der Waals surface area contributed by atoms with E-state index in [0.717, 1.165) is 139 Å². The third-order valence-electron chi connectivity index (χ3n) is 22.8. The van der Waals surface area contributed by atoms with Gasteiger partial charge in [0.05, 0.1) is 33.3 Å². The van der Waals surface area contributed by atoms with Crippen LogP contribution in [0.5, 0.6) is 0 Å².